The summed E-state index contributed by atoms with van der Waals surface area (Å²) < 4.78 is 40.2. The number of nitrogens with zero attached hydrogens (tertiary/aromatic N) is 1. The van der Waals surface area contributed by atoms with E-state index in [1.165, 1.54) is 17.3 Å². The molecule has 0 aromatic heterocycles. The fourth-order valence-corrected chi connectivity index (χ4v) is 4.27. The molecule has 21 heavy (non-hydrogen) atoms. The van der Waals surface area contributed by atoms with Crippen molar-refractivity contribution in [1.29, 1.82) is 0 Å². The zero-order valence-corrected chi connectivity index (χ0v) is 12.8. The summed E-state index contributed by atoms with van der Waals surface area (Å²) in [7, 11) is -3.79. The van der Waals surface area contributed by atoms with Gasteiger partial charge in [0.2, 0.25) is 10.0 Å². The van der Waals surface area contributed by atoms with Crippen molar-refractivity contribution in [2.75, 3.05) is 13.1 Å². The van der Waals surface area contributed by atoms with Crippen LogP contribution in [0.3, 0.4) is 0 Å². The molecule has 1 atom stereocenters. The van der Waals surface area contributed by atoms with Crippen LogP contribution in [0.25, 0.3) is 0 Å². The van der Waals surface area contributed by atoms with E-state index in [0.717, 1.165) is 18.9 Å². The largest absolute Gasteiger partial charge is 0.478 e. The number of halogens is 1. The van der Waals surface area contributed by atoms with Crippen molar-refractivity contribution in [2.24, 2.45) is 5.92 Å². The summed E-state index contributed by atoms with van der Waals surface area (Å²) in [6, 6.07) is 2.09. The number of hydrogen-bond donors (Lipinski definition) is 1. The van der Waals surface area contributed by atoms with Gasteiger partial charge in [-0.2, -0.15) is 4.31 Å². The molecule has 1 N–H and O–H groups in total. The molecule has 0 amide bonds. The number of rotatable bonds is 3. The summed E-state index contributed by atoms with van der Waals surface area (Å²) in [6.07, 6.45) is 1.74. The minimum Gasteiger partial charge on any atom is -0.478 e. The lowest BCUT2D eigenvalue weighted by atomic mass is 10.0. The van der Waals surface area contributed by atoms with Crippen LogP contribution in [0.4, 0.5) is 4.39 Å². The number of piperidine rings is 1. The number of aryl methyl sites for hydroxylation is 1. The molecule has 1 aliphatic heterocycles. The molecule has 0 spiro atoms. The second-order valence-corrected chi connectivity index (χ2v) is 7.46. The Bertz CT molecular complexity index is 672. The number of hydrogen-bond acceptors (Lipinski definition) is 3. The highest BCUT2D eigenvalue weighted by molar-refractivity contribution is 7.89. The van der Waals surface area contributed by atoms with Crippen LogP contribution in [-0.2, 0) is 10.0 Å². The first kappa shape index (κ1) is 15.9. The SMILES string of the molecule is Cc1cc(S(=O)(=O)N2CCCC(C)C2)cc(C(=O)O)c1F. The van der Waals surface area contributed by atoms with Gasteiger partial charge in [-0.15, -0.1) is 0 Å². The second-order valence-electron chi connectivity index (χ2n) is 5.52. The zero-order chi connectivity index (χ0) is 15.8. The first-order chi connectivity index (χ1) is 9.73. The molecule has 0 saturated carbocycles. The van der Waals surface area contributed by atoms with Gasteiger partial charge in [-0.25, -0.2) is 17.6 Å². The number of aromatic carboxylic acids is 1. The molecule has 1 aromatic carbocycles. The second kappa shape index (κ2) is 5.73. The molecule has 0 bridgehead atoms. The number of carbonyl (C=O) groups is 1. The lowest BCUT2D eigenvalue weighted by molar-refractivity contribution is 0.0691. The maximum Gasteiger partial charge on any atom is 0.338 e. The Hall–Kier alpha value is -1.47. The highest BCUT2D eigenvalue weighted by Crippen LogP contribution is 2.26. The Morgan fingerprint density at radius 3 is 2.67 bits per heavy atom. The van der Waals surface area contributed by atoms with Gasteiger partial charge in [0.25, 0.3) is 0 Å². The maximum absolute atomic E-state index is 13.7. The van der Waals surface area contributed by atoms with Crippen LogP contribution < -0.4 is 0 Å². The average Bonchev–Trinajstić information content (AvgIpc) is 2.41. The van der Waals surface area contributed by atoms with Gasteiger partial charge in [-0.3, -0.25) is 0 Å². The van der Waals surface area contributed by atoms with Crippen molar-refractivity contribution >= 4 is 16.0 Å². The van der Waals surface area contributed by atoms with E-state index in [2.05, 4.69) is 0 Å². The summed E-state index contributed by atoms with van der Waals surface area (Å²) in [6.45, 7) is 4.15. The molecule has 0 aliphatic carbocycles. The van der Waals surface area contributed by atoms with Crippen LogP contribution >= 0.6 is 0 Å². The molecule has 7 heteroatoms. The van der Waals surface area contributed by atoms with Gasteiger partial charge in [-0.05, 0) is 43.4 Å². The fourth-order valence-electron chi connectivity index (χ4n) is 2.55. The topological polar surface area (TPSA) is 74.7 Å². The standard InChI is InChI=1S/C14H18FNO4S/c1-9-4-3-5-16(8-9)21(19,20)11-6-10(2)13(15)12(7-11)14(17)18/h6-7,9H,3-5,8H2,1-2H3,(H,17,18). The van der Waals surface area contributed by atoms with Crippen LogP contribution in [0, 0.1) is 18.7 Å². The molecule has 116 valence electrons. The molecule has 0 radical (unpaired) electrons. The minimum atomic E-state index is -3.79. The first-order valence-electron chi connectivity index (χ1n) is 6.77. The Kier molecular flexibility index (Phi) is 4.34. The lowest BCUT2D eigenvalue weighted by Crippen LogP contribution is -2.39. The van der Waals surface area contributed by atoms with E-state index in [0.29, 0.717) is 13.1 Å². The van der Waals surface area contributed by atoms with Crippen molar-refractivity contribution in [3.8, 4) is 0 Å². The van der Waals surface area contributed by atoms with Crippen LogP contribution in [-0.4, -0.2) is 36.9 Å². The fraction of sp³-hybridized carbons (Fsp3) is 0.500. The monoisotopic (exact) mass is 315 g/mol. The highest BCUT2D eigenvalue weighted by atomic mass is 32.2. The van der Waals surface area contributed by atoms with E-state index < -0.39 is 27.4 Å². The van der Waals surface area contributed by atoms with Crippen LogP contribution in [0.2, 0.25) is 0 Å². The van der Waals surface area contributed by atoms with E-state index in [4.69, 9.17) is 5.11 Å². The number of carboxylic acid groups (broad SMARTS) is 1. The van der Waals surface area contributed by atoms with Crippen molar-refractivity contribution in [1.82, 2.24) is 4.31 Å². The van der Waals surface area contributed by atoms with Gasteiger partial charge < -0.3 is 5.11 Å². The Balaban J connectivity index is 2.47. The third kappa shape index (κ3) is 3.08. The third-order valence-corrected chi connectivity index (χ3v) is 5.56. The van der Waals surface area contributed by atoms with E-state index >= 15 is 0 Å². The number of sulfonamides is 1. The summed E-state index contributed by atoms with van der Waals surface area (Å²) in [4.78, 5) is 10.9. The smallest absolute Gasteiger partial charge is 0.338 e. The van der Waals surface area contributed by atoms with Gasteiger partial charge in [0.1, 0.15) is 5.82 Å². The highest BCUT2D eigenvalue weighted by Gasteiger charge is 2.30. The molecular weight excluding hydrogens is 297 g/mol. The molecule has 1 fully saturated rings. The number of carboxylic acids is 1. The van der Waals surface area contributed by atoms with Gasteiger partial charge in [0, 0.05) is 13.1 Å². The predicted molar refractivity (Wildman–Crippen MR) is 75.3 cm³/mol. The molecule has 2 rings (SSSR count). The Morgan fingerprint density at radius 2 is 2.10 bits per heavy atom. The first-order valence-corrected chi connectivity index (χ1v) is 8.21. The summed E-state index contributed by atoms with van der Waals surface area (Å²) in [5.41, 5.74) is -0.600. The van der Waals surface area contributed by atoms with E-state index in [9.17, 15) is 17.6 Å². The van der Waals surface area contributed by atoms with Crippen LogP contribution in [0.5, 0.6) is 0 Å². The molecular formula is C14H18FNO4S. The van der Waals surface area contributed by atoms with E-state index in [1.54, 1.807) is 0 Å². The Morgan fingerprint density at radius 1 is 1.43 bits per heavy atom. The summed E-state index contributed by atoms with van der Waals surface area (Å²) in [5.74, 6) is -2.11. The molecule has 1 heterocycles. The predicted octanol–water partition coefficient (Wildman–Crippen LogP) is 2.25. The quantitative estimate of drug-likeness (QED) is 0.928. The molecule has 1 unspecified atom stereocenters. The van der Waals surface area contributed by atoms with E-state index in [1.807, 2.05) is 6.92 Å². The molecule has 1 aromatic rings. The third-order valence-electron chi connectivity index (χ3n) is 3.72. The van der Waals surface area contributed by atoms with Crippen LogP contribution in [0.1, 0.15) is 35.7 Å². The van der Waals surface area contributed by atoms with Gasteiger partial charge >= 0.3 is 5.97 Å². The summed E-state index contributed by atoms with van der Waals surface area (Å²) in [5, 5.41) is 8.98. The maximum atomic E-state index is 13.7. The van der Waals surface area contributed by atoms with Crippen molar-refractivity contribution < 1.29 is 22.7 Å². The molecule has 5 nitrogen and oxygen atoms in total. The number of benzene rings is 1. The zero-order valence-electron chi connectivity index (χ0n) is 12.0. The molecule has 1 aliphatic rings. The van der Waals surface area contributed by atoms with Gasteiger partial charge in [0.05, 0.1) is 10.5 Å². The normalized spacial score (nSPS) is 20.4. The van der Waals surface area contributed by atoms with Crippen molar-refractivity contribution in [2.45, 2.75) is 31.6 Å². The van der Waals surface area contributed by atoms with Crippen molar-refractivity contribution in [3.63, 3.8) is 0 Å². The molecule has 1 saturated heterocycles. The van der Waals surface area contributed by atoms with Crippen LogP contribution in [0.15, 0.2) is 17.0 Å². The van der Waals surface area contributed by atoms with E-state index in [-0.39, 0.29) is 16.4 Å². The van der Waals surface area contributed by atoms with Gasteiger partial charge in [0.15, 0.2) is 0 Å². The Labute approximate surface area is 123 Å². The van der Waals surface area contributed by atoms with Gasteiger partial charge in [-0.1, -0.05) is 6.92 Å². The average molecular weight is 315 g/mol. The van der Waals surface area contributed by atoms with Crippen molar-refractivity contribution in [3.05, 3.63) is 29.1 Å². The lowest BCUT2D eigenvalue weighted by Gasteiger charge is -2.30. The minimum absolute atomic E-state index is 0.0125. The summed E-state index contributed by atoms with van der Waals surface area (Å²) >= 11 is 0.